The van der Waals surface area contributed by atoms with Crippen molar-refractivity contribution < 1.29 is 14.6 Å². The third-order valence-electron chi connectivity index (χ3n) is 3.04. The van der Waals surface area contributed by atoms with Gasteiger partial charge in [0.05, 0.1) is 7.11 Å². The molecule has 0 aliphatic rings. The SMILES string of the molecule is COc1ccc(Cc2cc(C(C)=O)ccc2O)cc1. The normalized spacial score (nSPS) is 10.2. The molecule has 19 heavy (non-hydrogen) atoms. The van der Waals surface area contributed by atoms with Crippen LogP contribution < -0.4 is 4.74 Å². The summed E-state index contributed by atoms with van der Waals surface area (Å²) >= 11 is 0. The first-order valence-corrected chi connectivity index (χ1v) is 6.06. The fraction of sp³-hybridized carbons (Fsp3) is 0.188. The standard InChI is InChI=1S/C16H16O3/c1-11(17)13-5-8-16(18)14(10-13)9-12-3-6-15(19-2)7-4-12/h3-8,10,18H,9H2,1-2H3. The fourth-order valence-electron chi connectivity index (χ4n) is 1.91. The number of ether oxygens (including phenoxy) is 1. The summed E-state index contributed by atoms with van der Waals surface area (Å²) in [7, 11) is 1.62. The molecule has 0 saturated carbocycles. The Morgan fingerprint density at radius 2 is 1.84 bits per heavy atom. The first kappa shape index (κ1) is 13.1. The van der Waals surface area contributed by atoms with E-state index in [0.717, 1.165) is 16.9 Å². The van der Waals surface area contributed by atoms with E-state index in [1.165, 1.54) is 6.92 Å². The summed E-state index contributed by atoms with van der Waals surface area (Å²) < 4.78 is 5.10. The van der Waals surface area contributed by atoms with Gasteiger partial charge in [0.2, 0.25) is 0 Å². The van der Waals surface area contributed by atoms with Crippen LogP contribution in [0.4, 0.5) is 0 Å². The van der Waals surface area contributed by atoms with Crippen LogP contribution in [0.3, 0.4) is 0 Å². The van der Waals surface area contributed by atoms with E-state index in [0.29, 0.717) is 12.0 Å². The Kier molecular flexibility index (Phi) is 3.85. The van der Waals surface area contributed by atoms with Gasteiger partial charge >= 0.3 is 0 Å². The van der Waals surface area contributed by atoms with E-state index in [9.17, 15) is 9.90 Å². The second-order valence-corrected chi connectivity index (χ2v) is 4.42. The molecule has 1 N–H and O–H groups in total. The lowest BCUT2D eigenvalue weighted by Gasteiger charge is -2.07. The predicted octanol–water partition coefficient (Wildman–Crippen LogP) is 3.19. The molecule has 0 spiro atoms. The molecule has 3 heteroatoms. The topological polar surface area (TPSA) is 46.5 Å². The van der Waals surface area contributed by atoms with Crippen molar-refractivity contribution in [3.05, 3.63) is 59.2 Å². The van der Waals surface area contributed by atoms with E-state index in [2.05, 4.69) is 0 Å². The minimum atomic E-state index is -0.00372. The number of hydrogen-bond acceptors (Lipinski definition) is 3. The number of carbonyl (C=O) groups is 1. The quantitative estimate of drug-likeness (QED) is 0.854. The van der Waals surface area contributed by atoms with Crippen molar-refractivity contribution in [1.29, 1.82) is 0 Å². The van der Waals surface area contributed by atoms with Gasteiger partial charge in [0.25, 0.3) is 0 Å². The summed E-state index contributed by atoms with van der Waals surface area (Å²) in [6.45, 7) is 1.52. The zero-order valence-corrected chi connectivity index (χ0v) is 11.0. The zero-order valence-electron chi connectivity index (χ0n) is 11.0. The number of carbonyl (C=O) groups excluding carboxylic acids is 1. The second kappa shape index (κ2) is 5.57. The van der Waals surface area contributed by atoms with Gasteiger partial charge in [-0.2, -0.15) is 0 Å². The number of Topliss-reactive ketones (excluding diaryl/α,β-unsaturated/α-hetero) is 1. The van der Waals surface area contributed by atoms with Crippen LogP contribution in [0.1, 0.15) is 28.4 Å². The smallest absolute Gasteiger partial charge is 0.159 e. The molecule has 0 bridgehead atoms. The molecule has 0 fully saturated rings. The lowest BCUT2D eigenvalue weighted by atomic mass is 10.0. The number of rotatable bonds is 4. The summed E-state index contributed by atoms with van der Waals surface area (Å²) in [6, 6.07) is 12.6. The molecule has 0 radical (unpaired) electrons. The Bertz CT molecular complexity index is 585. The average molecular weight is 256 g/mol. The van der Waals surface area contributed by atoms with Crippen molar-refractivity contribution in [2.24, 2.45) is 0 Å². The molecule has 0 atom stereocenters. The third kappa shape index (κ3) is 3.13. The van der Waals surface area contributed by atoms with E-state index in [4.69, 9.17) is 4.74 Å². The van der Waals surface area contributed by atoms with Crippen LogP contribution in [0, 0.1) is 0 Å². The van der Waals surface area contributed by atoms with Crippen LogP contribution in [0.2, 0.25) is 0 Å². The van der Waals surface area contributed by atoms with Gasteiger partial charge in [0, 0.05) is 12.0 Å². The van der Waals surface area contributed by atoms with E-state index in [1.807, 2.05) is 24.3 Å². The van der Waals surface area contributed by atoms with Crippen LogP contribution in [0.15, 0.2) is 42.5 Å². The van der Waals surface area contributed by atoms with E-state index in [-0.39, 0.29) is 11.5 Å². The van der Waals surface area contributed by atoms with Gasteiger partial charge in [-0.1, -0.05) is 12.1 Å². The van der Waals surface area contributed by atoms with Crippen LogP contribution in [-0.2, 0) is 6.42 Å². The molecule has 0 saturated heterocycles. The number of aromatic hydroxyl groups is 1. The van der Waals surface area contributed by atoms with Crippen LogP contribution in [0.25, 0.3) is 0 Å². The minimum absolute atomic E-state index is 0.00372. The van der Waals surface area contributed by atoms with Gasteiger partial charge in [0.15, 0.2) is 5.78 Å². The van der Waals surface area contributed by atoms with Gasteiger partial charge in [-0.3, -0.25) is 4.79 Å². The highest BCUT2D eigenvalue weighted by Crippen LogP contribution is 2.23. The van der Waals surface area contributed by atoms with Crippen molar-refractivity contribution in [3.63, 3.8) is 0 Å². The monoisotopic (exact) mass is 256 g/mol. The van der Waals surface area contributed by atoms with Gasteiger partial charge in [-0.15, -0.1) is 0 Å². The molecule has 0 aliphatic carbocycles. The molecule has 2 aromatic rings. The maximum Gasteiger partial charge on any atom is 0.159 e. The summed E-state index contributed by atoms with van der Waals surface area (Å²) in [5, 5.41) is 9.84. The Hall–Kier alpha value is -2.29. The lowest BCUT2D eigenvalue weighted by Crippen LogP contribution is -1.96. The molecule has 0 unspecified atom stereocenters. The molecule has 0 amide bonds. The highest BCUT2D eigenvalue weighted by atomic mass is 16.5. The first-order valence-electron chi connectivity index (χ1n) is 6.06. The lowest BCUT2D eigenvalue weighted by molar-refractivity contribution is 0.101. The Morgan fingerprint density at radius 3 is 2.42 bits per heavy atom. The van der Waals surface area contributed by atoms with Crippen molar-refractivity contribution in [2.45, 2.75) is 13.3 Å². The molecule has 0 heterocycles. The van der Waals surface area contributed by atoms with Gasteiger partial charge in [-0.25, -0.2) is 0 Å². The number of phenols is 1. The summed E-state index contributed by atoms with van der Waals surface area (Å²) in [6.07, 6.45) is 0.580. The van der Waals surface area contributed by atoms with E-state index < -0.39 is 0 Å². The second-order valence-electron chi connectivity index (χ2n) is 4.42. The molecular formula is C16H16O3. The average Bonchev–Trinajstić information content (AvgIpc) is 2.42. The van der Waals surface area contributed by atoms with Gasteiger partial charge in [-0.05, 0) is 48.4 Å². The minimum Gasteiger partial charge on any atom is -0.508 e. The maximum atomic E-state index is 11.3. The summed E-state index contributed by atoms with van der Waals surface area (Å²) in [4.78, 5) is 11.3. The predicted molar refractivity (Wildman–Crippen MR) is 73.9 cm³/mol. The van der Waals surface area contributed by atoms with Crippen molar-refractivity contribution in [1.82, 2.24) is 0 Å². The molecule has 98 valence electrons. The number of ketones is 1. The molecule has 0 aliphatic heterocycles. The maximum absolute atomic E-state index is 11.3. The number of hydrogen-bond donors (Lipinski definition) is 1. The van der Waals surface area contributed by atoms with Gasteiger partial charge < -0.3 is 9.84 Å². The van der Waals surface area contributed by atoms with Crippen LogP contribution in [-0.4, -0.2) is 18.0 Å². The van der Waals surface area contributed by atoms with Crippen molar-refractivity contribution in [2.75, 3.05) is 7.11 Å². The zero-order chi connectivity index (χ0) is 13.8. The van der Waals surface area contributed by atoms with E-state index >= 15 is 0 Å². The van der Waals surface area contributed by atoms with Crippen molar-refractivity contribution >= 4 is 5.78 Å². The molecule has 3 nitrogen and oxygen atoms in total. The summed E-state index contributed by atoms with van der Waals surface area (Å²) in [5.74, 6) is 1.00. The summed E-state index contributed by atoms with van der Waals surface area (Å²) in [5.41, 5.74) is 2.41. The highest BCUT2D eigenvalue weighted by Gasteiger charge is 2.07. The van der Waals surface area contributed by atoms with Crippen molar-refractivity contribution in [3.8, 4) is 11.5 Å². The molecule has 2 aromatic carbocycles. The third-order valence-corrected chi connectivity index (χ3v) is 3.04. The molecular weight excluding hydrogens is 240 g/mol. The first-order chi connectivity index (χ1) is 9.10. The van der Waals surface area contributed by atoms with Gasteiger partial charge in [0.1, 0.15) is 11.5 Å². The Labute approximate surface area is 112 Å². The number of phenolic OH excluding ortho intramolecular Hbond substituents is 1. The Balaban J connectivity index is 2.26. The molecule has 0 aromatic heterocycles. The van der Waals surface area contributed by atoms with Crippen LogP contribution in [0.5, 0.6) is 11.5 Å². The number of benzene rings is 2. The fourth-order valence-corrected chi connectivity index (χ4v) is 1.91. The molecule has 2 rings (SSSR count). The van der Waals surface area contributed by atoms with Crippen LogP contribution >= 0.6 is 0 Å². The largest absolute Gasteiger partial charge is 0.508 e. The van der Waals surface area contributed by atoms with E-state index in [1.54, 1.807) is 25.3 Å². The highest BCUT2D eigenvalue weighted by molar-refractivity contribution is 5.94. The number of methoxy groups -OCH3 is 1. The Morgan fingerprint density at radius 1 is 1.16 bits per heavy atom.